The van der Waals surface area contributed by atoms with Crippen LogP contribution in [0.4, 0.5) is 11.6 Å². The predicted molar refractivity (Wildman–Crippen MR) is 98.7 cm³/mol. The molecule has 128 valence electrons. The van der Waals surface area contributed by atoms with E-state index in [2.05, 4.69) is 31.6 Å². The Bertz CT molecular complexity index is 979. The number of fused-ring (bicyclic) bond motifs is 3. The van der Waals surface area contributed by atoms with E-state index in [4.69, 9.17) is 11.0 Å². The fourth-order valence-corrected chi connectivity index (χ4v) is 4.71. The summed E-state index contributed by atoms with van der Waals surface area (Å²) in [5.41, 5.74) is 8.34. The summed E-state index contributed by atoms with van der Waals surface area (Å²) in [6.45, 7) is 2.70. The monoisotopic (exact) mass is 353 g/mol. The van der Waals surface area contributed by atoms with Crippen molar-refractivity contribution in [2.45, 2.75) is 39.0 Å². The standard InChI is InChI=1S/C17H19N7S/c1-9-21-16(14-10-4-2-6-13(10)25-17(14)22-9)20-7-3-5-12-11(8-18)15(19)24-23-12/h2-7H2,1H3,(H3,19,23,24)(H,20,21,22). The molecule has 4 N–H and O–H groups in total. The number of thiophene rings is 1. The van der Waals surface area contributed by atoms with E-state index in [0.29, 0.717) is 5.56 Å². The summed E-state index contributed by atoms with van der Waals surface area (Å²) in [5, 5.41) is 20.5. The van der Waals surface area contributed by atoms with Crippen LogP contribution in [0.2, 0.25) is 0 Å². The normalized spacial score (nSPS) is 13.1. The average Bonchev–Trinajstić information content (AvgIpc) is 3.25. The van der Waals surface area contributed by atoms with Gasteiger partial charge in [-0.15, -0.1) is 11.3 Å². The molecule has 25 heavy (non-hydrogen) atoms. The Labute approximate surface area is 149 Å². The number of nitrogens with two attached hydrogens (primary N) is 1. The molecule has 8 heteroatoms. The summed E-state index contributed by atoms with van der Waals surface area (Å²) in [7, 11) is 0. The zero-order valence-corrected chi connectivity index (χ0v) is 14.8. The topological polar surface area (TPSA) is 116 Å². The van der Waals surface area contributed by atoms with Crippen LogP contribution >= 0.6 is 11.3 Å². The van der Waals surface area contributed by atoms with E-state index in [1.807, 2.05) is 6.92 Å². The van der Waals surface area contributed by atoms with Gasteiger partial charge in [0.15, 0.2) is 5.82 Å². The van der Waals surface area contributed by atoms with Crippen molar-refractivity contribution in [1.29, 1.82) is 5.26 Å². The van der Waals surface area contributed by atoms with Gasteiger partial charge in [0.05, 0.1) is 11.1 Å². The highest BCUT2D eigenvalue weighted by Crippen LogP contribution is 2.39. The molecule has 0 saturated heterocycles. The Hall–Kier alpha value is -2.66. The fraction of sp³-hybridized carbons (Fsp3) is 0.412. The second-order valence-electron chi connectivity index (χ2n) is 6.26. The number of rotatable bonds is 5. The molecular formula is C17H19N7S. The lowest BCUT2D eigenvalue weighted by Crippen LogP contribution is -2.07. The Kier molecular flexibility index (Phi) is 4.01. The summed E-state index contributed by atoms with van der Waals surface area (Å²) in [6.07, 6.45) is 5.08. The van der Waals surface area contributed by atoms with E-state index in [-0.39, 0.29) is 5.82 Å². The van der Waals surface area contributed by atoms with Gasteiger partial charge in [0, 0.05) is 11.4 Å². The van der Waals surface area contributed by atoms with Crippen LogP contribution in [0.25, 0.3) is 10.2 Å². The smallest absolute Gasteiger partial charge is 0.163 e. The van der Waals surface area contributed by atoms with Gasteiger partial charge in [-0.05, 0) is 44.6 Å². The number of nitrogen functional groups attached to an aromatic ring is 1. The third-order valence-corrected chi connectivity index (χ3v) is 5.74. The van der Waals surface area contributed by atoms with Crippen LogP contribution in [0, 0.1) is 18.3 Å². The largest absolute Gasteiger partial charge is 0.381 e. The third kappa shape index (κ3) is 2.81. The van der Waals surface area contributed by atoms with Crippen LogP contribution in [0.15, 0.2) is 0 Å². The van der Waals surface area contributed by atoms with Crippen LogP contribution in [0.5, 0.6) is 0 Å². The predicted octanol–water partition coefficient (Wildman–Crippen LogP) is 2.71. The molecule has 1 aliphatic rings. The fourth-order valence-electron chi connectivity index (χ4n) is 3.40. The molecule has 0 bridgehead atoms. The molecule has 3 aromatic rings. The molecule has 0 aromatic carbocycles. The molecular weight excluding hydrogens is 334 g/mol. The minimum absolute atomic E-state index is 0.271. The minimum Gasteiger partial charge on any atom is -0.381 e. The highest BCUT2D eigenvalue weighted by atomic mass is 32.1. The molecule has 7 nitrogen and oxygen atoms in total. The van der Waals surface area contributed by atoms with Gasteiger partial charge in [-0.2, -0.15) is 10.4 Å². The molecule has 3 heterocycles. The van der Waals surface area contributed by atoms with Gasteiger partial charge < -0.3 is 11.1 Å². The minimum atomic E-state index is 0.271. The molecule has 4 rings (SSSR count). The molecule has 0 fully saturated rings. The first kappa shape index (κ1) is 15.8. The van der Waals surface area contributed by atoms with Gasteiger partial charge in [0.25, 0.3) is 0 Å². The number of nitrogens with one attached hydrogen (secondary N) is 2. The van der Waals surface area contributed by atoms with Gasteiger partial charge in [0.2, 0.25) is 0 Å². The van der Waals surface area contributed by atoms with E-state index < -0.39 is 0 Å². The molecule has 0 radical (unpaired) electrons. The van der Waals surface area contributed by atoms with Crippen molar-refractivity contribution in [3.8, 4) is 6.07 Å². The Morgan fingerprint density at radius 1 is 1.36 bits per heavy atom. The van der Waals surface area contributed by atoms with E-state index in [1.54, 1.807) is 11.3 Å². The summed E-state index contributed by atoms with van der Waals surface area (Å²) in [4.78, 5) is 11.8. The molecule has 0 unspecified atom stereocenters. The average molecular weight is 353 g/mol. The quantitative estimate of drug-likeness (QED) is 0.607. The number of anilines is 2. The van der Waals surface area contributed by atoms with Crippen LogP contribution in [0.3, 0.4) is 0 Å². The van der Waals surface area contributed by atoms with Crippen LogP contribution < -0.4 is 11.1 Å². The van der Waals surface area contributed by atoms with Gasteiger partial charge in [-0.1, -0.05) is 0 Å². The van der Waals surface area contributed by atoms with Gasteiger partial charge in [-0.25, -0.2) is 9.97 Å². The zero-order valence-electron chi connectivity index (χ0n) is 14.0. The second kappa shape index (κ2) is 6.33. The Morgan fingerprint density at radius 2 is 2.24 bits per heavy atom. The summed E-state index contributed by atoms with van der Waals surface area (Å²) < 4.78 is 0. The lowest BCUT2D eigenvalue weighted by atomic mass is 10.1. The first-order valence-corrected chi connectivity index (χ1v) is 9.24. The number of aryl methyl sites for hydroxylation is 4. The van der Waals surface area contributed by atoms with Gasteiger partial charge >= 0.3 is 0 Å². The van der Waals surface area contributed by atoms with E-state index in [9.17, 15) is 0 Å². The number of aromatic nitrogens is 4. The van der Waals surface area contributed by atoms with Crippen molar-refractivity contribution in [3.05, 3.63) is 27.5 Å². The number of H-pyrrole nitrogens is 1. The number of aromatic amines is 1. The SMILES string of the molecule is Cc1nc(NCCCc2[nH]nc(N)c2C#N)c2c3c(sc2n1)CCC3. The van der Waals surface area contributed by atoms with Gasteiger partial charge in [0.1, 0.15) is 28.1 Å². The molecule has 1 aliphatic carbocycles. The van der Waals surface area contributed by atoms with Crippen LogP contribution in [-0.2, 0) is 19.3 Å². The van der Waals surface area contributed by atoms with Crippen LogP contribution in [0.1, 0.15) is 40.4 Å². The van der Waals surface area contributed by atoms with Crippen molar-refractivity contribution in [2.24, 2.45) is 0 Å². The van der Waals surface area contributed by atoms with Crippen molar-refractivity contribution < 1.29 is 0 Å². The van der Waals surface area contributed by atoms with E-state index >= 15 is 0 Å². The molecule has 0 amide bonds. The van der Waals surface area contributed by atoms with Crippen molar-refractivity contribution >= 4 is 33.2 Å². The lowest BCUT2D eigenvalue weighted by Gasteiger charge is -2.08. The van der Waals surface area contributed by atoms with Gasteiger partial charge in [-0.3, -0.25) is 5.10 Å². The highest BCUT2D eigenvalue weighted by Gasteiger charge is 2.21. The molecule has 0 spiro atoms. The summed E-state index contributed by atoms with van der Waals surface area (Å²) in [5.74, 6) is 2.00. The van der Waals surface area contributed by atoms with Crippen LogP contribution in [-0.4, -0.2) is 26.7 Å². The molecule has 0 saturated carbocycles. The number of nitriles is 1. The maximum atomic E-state index is 9.12. The van der Waals surface area contributed by atoms with E-state index in [1.165, 1.54) is 22.2 Å². The first-order valence-electron chi connectivity index (χ1n) is 8.43. The first-order chi connectivity index (χ1) is 12.2. The van der Waals surface area contributed by atoms with Crippen molar-refractivity contribution in [3.63, 3.8) is 0 Å². The Morgan fingerprint density at radius 3 is 3.08 bits per heavy atom. The maximum absolute atomic E-state index is 9.12. The number of hydrogen-bond acceptors (Lipinski definition) is 7. The van der Waals surface area contributed by atoms with E-state index in [0.717, 1.165) is 54.4 Å². The number of hydrogen-bond donors (Lipinski definition) is 3. The number of nitrogens with zero attached hydrogens (tertiary/aromatic N) is 4. The second-order valence-corrected chi connectivity index (χ2v) is 7.35. The summed E-state index contributed by atoms with van der Waals surface area (Å²) >= 11 is 1.80. The van der Waals surface area contributed by atoms with Crippen molar-refractivity contribution in [2.75, 3.05) is 17.6 Å². The highest BCUT2D eigenvalue weighted by molar-refractivity contribution is 7.19. The third-order valence-electron chi connectivity index (χ3n) is 4.55. The molecule has 3 aromatic heterocycles. The maximum Gasteiger partial charge on any atom is 0.163 e. The molecule has 0 aliphatic heterocycles. The Balaban J connectivity index is 1.49. The lowest BCUT2D eigenvalue weighted by molar-refractivity contribution is 0.822. The molecule has 0 atom stereocenters. The zero-order chi connectivity index (χ0) is 17.4. The van der Waals surface area contributed by atoms with Crippen molar-refractivity contribution in [1.82, 2.24) is 20.2 Å². The summed E-state index contributed by atoms with van der Waals surface area (Å²) in [6, 6.07) is 2.10.